The number of alkyl halides is 3. The summed E-state index contributed by atoms with van der Waals surface area (Å²) in [7, 11) is 0. The van der Waals surface area contributed by atoms with Gasteiger partial charge in [0, 0.05) is 18.0 Å². The fourth-order valence-corrected chi connectivity index (χ4v) is 1.24. The zero-order valence-electron chi connectivity index (χ0n) is 9.12. The number of hydrogen-bond acceptors (Lipinski definition) is 3. The predicted octanol–water partition coefficient (Wildman–Crippen LogP) is 2.36. The Balaban J connectivity index is 2.90. The minimum atomic E-state index is -4.76. The van der Waals surface area contributed by atoms with Gasteiger partial charge in [0.1, 0.15) is 5.75 Å². The van der Waals surface area contributed by atoms with Crippen molar-refractivity contribution in [3.05, 3.63) is 29.8 Å². The van der Waals surface area contributed by atoms with Crippen LogP contribution < -0.4 is 10.5 Å². The summed E-state index contributed by atoms with van der Waals surface area (Å²) < 4.78 is 39.6. The molecule has 0 aliphatic rings. The molecule has 3 nitrogen and oxygen atoms in total. The number of nitrogens with two attached hydrogens (primary N) is 1. The molecule has 0 aliphatic heterocycles. The van der Waals surface area contributed by atoms with E-state index < -0.39 is 18.0 Å². The average Bonchev–Trinajstić information content (AvgIpc) is 2.25. The maximum absolute atomic E-state index is 12.0. The Kier molecular flexibility index (Phi) is 4.11. The smallest absolute Gasteiger partial charge is 0.406 e. The summed E-state index contributed by atoms with van der Waals surface area (Å²) in [5, 5.41) is 0. The van der Waals surface area contributed by atoms with Gasteiger partial charge in [-0.2, -0.15) is 0 Å². The quantitative estimate of drug-likeness (QED) is 0.831. The van der Waals surface area contributed by atoms with Gasteiger partial charge in [0.15, 0.2) is 5.78 Å². The summed E-state index contributed by atoms with van der Waals surface area (Å²) >= 11 is 0. The second-order valence-corrected chi connectivity index (χ2v) is 3.58. The number of halogens is 3. The first-order chi connectivity index (χ1) is 7.83. The van der Waals surface area contributed by atoms with Gasteiger partial charge in [-0.3, -0.25) is 4.79 Å². The zero-order valence-corrected chi connectivity index (χ0v) is 9.12. The Morgan fingerprint density at radius 2 is 2.12 bits per heavy atom. The van der Waals surface area contributed by atoms with E-state index in [0.717, 1.165) is 12.1 Å². The van der Waals surface area contributed by atoms with E-state index in [2.05, 4.69) is 4.74 Å². The minimum Gasteiger partial charge on any atom is -0.406 e. The molecule has 1 aromatic rings. The number of ether oxygens (including phenoxy) is 1. The summed E-state index contributed by atoms with van der Waals surface area (Å²) in [6, 6.07) is 4.95. The second kappa shape index (κ2) is 5.18. The Morgan fingerprint density at radius 1 is 1.47 bits per heavy atom. The highest BCUT2D eigenvalue weighted by Gasteiger charge is 2.31. The molecule has 0 fully saturated rings. The standard InChI is InChI=1S/C11H12F3NO2/c1-7(6-15)10(16)8-3-2-4-9(5-8)17-11(12,13)14/h2-5,7H,6,15H2,1H3. The van der Waals surface area contributed by atoms with Crippen molar-refractivity contribution in [3.63, 3.8) is 0 Å². The lowest BCUT2D eigenvalue weighted by Crippen LogP contribution is -2.21. The van der Waals surface area contributed by atoms with Gasteiger partial charge in [-0.25, -0.2) is 0 Å². The summed E-state index contributed by atoms with van der Waals surface area (Å²) in [4.78, 5) is 11.7. The fraction of sp³-hybridized carbons (Fsp3) is 0.364. The number of rotatable bonds is 4. The topological polar surface area (TPSA) is 52.3 Å². The van der Waals surface area contributed by atoms with Gasteiger partial charge in [-0.1, -0.05) is 19.1 Å². The summed E-state index contributed by atoms with van der Waals surface area (Å²) in [6.45, 7) is 1.75. The lowest BCUT2D eigenvalue weighted by atomic mass is 9.99. The largest absolute Gasteiger partial charge is 0.573 e. The summed E-state index contributed by atoms with van der Waals surface area (Å²) in [5.74, 6) is -1.15. The second-order valence-electron chi connectivity index (χ2n) is 3.58. The molecule has 0 bridgehead atoms. The molecule has 2 N–H and O–H groups in total. The molecule has 1 atom stereocenters. The van der Waals surface area contributed by atoms with E-state index in [-0.39, 0.29) is 17.9 Å². The first-order valence-electron chi connectivity index (χ1n) is 4.93. The SMILES string of the molecule is CC(CN)C(=O)c1cccc(OC(F)(F)F)c1. The number of ketones is 1. The maximum Gasteiger partial charge on any atom is 0.573 e. The third kappa shape index (κ3) is 4.07. The molecule has 0 amide bonds. The number of carbonyl (C=O) groups excluding carboxylic acids is 1. The van der Waals surface area contributed by atoms with E-state index >= 15 is 0 Å². The van der Waals surface area contributed by atoms with Crippen LogP contribution in [0.2, 0.25) is 0 Å². The van der Waals surface area contributed by atoms with Crippen LogP contribution in [0.3, 0.4) is 0 Å². The van der Waals surface area contributed by atoms with Gasteiger partial charge in [-0.05, 0) is 12.1 Å². The molecule has 0 heterocycles. The minimum absolute atomic E-state index is 0.142. The van der Waals surface area contributed by atoms with E-state index in [1.807, 2.05) is 0 Å². The maximum atomic E-state index is 12.0. The van der Waals surface area contributed by atoms with Gasteiger partial charge >= 0.3 is 6.36 Å². The molecule has 0 aromatic heterocycles. The highest BCUT2D eigenvalue weighted by molar-refractivity contribution is 5.98. The van der Waals surface area contributed by atoms with Crippen LogP contribution >= 0.6 is 0 Å². The van der Waals surface area contributed by atoms with Crippen LogP contribution in [-0.4, -0.2) is 18.7 Å². The molecular formula is C11H12F3NO2. The Bertz CT molecular complexity index is 404. The van der Waals surface area contributed by atoms with Crippen molar-refractivity contribution >= 4 is 5.78 Å². The van der Waals surface area contributed by atoms with Crippen molar-refractivity contribution in [2.75, 3.05) is 6.54 Å². The van der Waals surface area contributed by atoms with Crippen molar-refractivity contribution in [2.45, 2.75) is 13.3 Å². The van der Waals surface area contributed by atoms with E-state index in [0.29, 0.717) is 0 Å². The van der Waals surface area contributed by atoms with Crippen LogP contribution in [0.4, 0.5) is 13.2 Å². The van der Waals surface area contributed by atoms with E-state index in [9.17, 15) is 18.0 Å². The molecule has 1 rings (SSSR count). The van der Waals surface area contributed by atoms with Crippen LogP contribution in [-0.2, 0) is 0 Å². The molecule has 1 aromatic carbocycles. The van der Waals surface area contributed by atoms with Crippen molar-refractivity contribution in [1.82, 2.24) is 0 Å². The Morgan fingerprint density at radius 3 is 2.65 bits per heavy atom. The van der Waals surface area contributed by atoms with E-state index in [1.54, 1.807) is 6.92 Å². The van der Waals surface area contributed by atoms with Gasteiger partial charge < -0.3 is 10.5 Å². The van der Waals surface area contributed by atoms with Crippen LogP contribution in [0.25, 0.3) is 0 Å². The molecule has 0 spiro atoms. The molecule has 0 saturated carbocycles. The van der Waals surface area contributed by atoms with Crippen molar-refractivity contribution in [2.24, 2.45) is 11.7 Å². The highest BCUT2D eigenvalue weighted by Crippen LogP contribution is 2.24. The molecule has 17 heavy (non-hydrogen) atoms. The third-order valence-corrected chi connectivity index (χ3v) is 2.15. The third-order valence-electron chi connectivity index (χ3n) is 2.15. The van der Waals surface area contributed by atoms with Gasteiger partial charge in [-0.15, -0.1) is 13.2 Å². The van der Waals surface area contributed by atoms with Gasteiger partial charge in [0.2, 0.25) is 0 Å². The number of benzene rings is 1. The predicted molar refractivity (Wildman–Crippen MR) is 55.7 cm³/mol. The van der Waals surface area contributed by atoms with Crippen LogP contribution in [0, 0.1) is 5.92 Å². The van der Waals surface area contributed by atoms with Crippen molar-refractivity contribution < 1.29 is 22.7 Å². The average molecular weight is 247 g/mol. The Labute approximate surface area is 96.4 Å². The molecule has 6 heteroatoms. The number of carbonyl (C=O) groups is 1. The van der Waals surface area contributed by atoms with Crippen LogP contribution in [0.1, 0.15) is 17.3 Å². The first kappa shape index (κ1) is 13.5. The first-order valence-corrected chi connectivity index (χ1v) is 4.93. The van der Waals surface area contributed by atoms with Gasteiger partial charge in [0.25, 0.3) is 0 Å². The number of Topliss-reactive ketones (excluding diaryl/α,β-unsaturated/α-hetero) is 1. The molecule has 94 valence electrons. The highest BCUT2D eigenvalue weighted by atomic mass is 19.4. The number of hydrogen-bond donors (Lipinski definition) is 1. The molecule has 0 aliphatic carbocycles. The fourth-order valence-electron chi connectivity index (χ4n) is 1.24. The van der Waals surface area contributed by atoms with Crippen molar-refractivity contribution in [3.8, 4) is 5.75 Å². The normalized spacial score (nSPS) is 13.2. The van der Waals surface area contributed by atoms with E-state index in [1.165, 1.54) is 12.1 Å². The molecule has 1 unspecified atom stereocenters. The molecule has 0 saturated heterocycles. The summed E-state index contributed by atoms with van der Waals surface area (Å²) in [5.41, 5.74) is 5.48. The van der Waals surface area contributed by atoms with Crippen molar-refractivity contribution in [1.29, 1.82) is 0 Å². The summed E-state index contributed by atoms with van der Waals surface area (Å²) in [6.07, 6.45) is -4.76. The Hall–Kier alpha value is -1.56. The molecule has 0 radical (unpaired) electrons. The zero-order chi connectivity index (χ0) is 13.1. The van der Waals surface area contributed by atoms with E-state index in [4.69, 9.17) is 5.73 Å². The van der Waals surface area contributed by atoms with Crippen LogP contribution in [0.15, 0.2) is 24.3 Å². The lowest BCUT2D eigenvalue weighted by Gasteiger charge is -2.11. The van der Waals surface area contributed by atoms with Gasteiger partial charge in [0.05, 0.1) is 0 Å². The molecular weight excluding hydrogens is 235 g/mol. The van der Waals surface area contributed by atoms with Crippen LogP contribution in [0.5, 0.6) is 5.75 Å². The monoisotopic (exact) mass is 247 g/mol. The lowest BCUT2D eigenvalue weighted by molar-refractivity contribution is -0.274.